The second-order valence-corrected chi connectivity index (χ2v) is 13.5. The average Bonchev–Trinajstić information content (AvgIpc) is 3.37. The van der Waals surface area contributed by atoms with E-state index in [1.807, 2.05) is 19.1 Å². The van der Waals surface area contributed by atoms with Gasteiger partial charge in [-0.3, -0.25) is 4.57 Å². The summed E-state index contributed by atoms with van der Waals surface area (Å²) in [6.07, 6.45) is 2.76. The SMILES string of the molecule is Cc1cc(Cc2cc(Nc3ccc([C@@H]4CCCCO4)cc3S(C)(=O)=O)c3nc(C(F)F)n(C4CCCCO4)c3n2)nc(C)n1. The van der Waals surface area contributed by atoms with E-state index in [0.717, 1.165) is 55.3 Å². The maximum Gasteiger partial charge on any atom is 0.295 e. The minimum Gasteiger partial charge on any atom is -0.374 e. The fourth-order valence-electron chi connectivity index (χ4n) is 6.05. The van der Waals surface area contributed by atoms with Crippen LogP contribution in [-0.2, 0) is 25.7 Å². The number of fused-ring (bicyclic) bond motifs is 1. The summed E-state index contributed by atoms with van der Waals surface area (Å²) in [5.41, 5.74) is 3.95. The number of halogens is 2. The van der Waals surface area contributed by atoms with Gasteiger partial charge in [0.25, 0.3) is 6.43 Å². The van der Waals surface area contributed by atoms with Crippen LogP contribution in [0.4, 0.5) is 20.2 Å². The lowest BCUT2D eigenvalue weighted by Crippen LogP contribution is -2.20. The third-order valence-electron chi connectivity index (χ3n) is 7.97. The number of alkyl halides is 2. The predicted molar refractivity (Wildman–Crippen MR) is 161 cm³/mol. The number of imidazole rings is 1. The first kappa shape index (κ1) is 30.5. The Morgan fingerprint density at radius 1 is 0.932 bits per heavy atom. The molecule has 2 atom stereocenters. The lowest BCUT2D eigenvalue weighted by Gasteiger charge is -2.25. The van der Waals surface area contributed by atoms with Crippen molar-refractivity contribution >= 4 is 32.4 Å². The number of hydrogen-bond acceptors (Lipinski definition) is 9. The van der Waals surface area contributed by atoms with Crippen molar-refractivity contribution in [1.82, 2.24) is 24.5 Å². The molecule has 2 aliphatic heterocycles. The number of aromatic nitrogens is 5. The van der Waals surface area contributed by atoms with Crippen LogP contribution >= 0.6 is 0 Å². The molecular weight excluding hydrogens is 590 g/mol. The molecule has 0 bridgehead atoms. The van der Waals surface area contributed by atoms with Crippen LogP contribution in [0, 0.1) is 13.8 Å². The molecule has 1 unspecified atom stereocenters. The van der Waals surface area contributed by atoms with Crippen LogP contribution in [0.3, 0.4) is 0 Å². The number of benzene rings is 1. The van der Waals surface area contributed by atoms with Gasteiger partial charge < -0.3 is 14.8 Å². The molecule has 6 rings (SSSR count). The Balaban J connectivity index is 1.50. The van der Waals surface area contributed by atoms with E-state index >= 15 is 0 Å². The smallest absolute Gasteiger partial charge is 0.295 e. The molecule has 4 aromatic rings. The van der Waals surface area contributed by atoms with E-state index in [1.54, 1.807) is 25.1 Å². The second kappa shape index (κ2) is 12.4. The van der Waals surface area contributed by atoms with Gasteiger partial charge >= 0.3 is 0 Å². The number of anilines is 2. The number of nitrogens with one attached hydrogen (secondary N) is 1. The van der Waals surface area contributed by atoms with Gasteiger partial charge in [0.2, 0.25) is 0 Å². The Morgan fingerprint density at radius 3 is 2.34 bits per heavy atom. The van der Waals surface area contributed by atoms with Crippen LogP contribution in [0.15, 0.2) is 35.2 Å². The van der Waals surface area contributed by atoms with Crippen LogP contribution < -0.4 is 5.32 Å². The summed E-state index contributed by atoms with van der Waals surface area (Å²) in [7, 11) is -3.69. The first-order chi connectivity index (χ1) is 21.1. The van der Waals surface area contributed by atoms with Gasteiger partial charge in [-0.25, -0.2) is 37.1 Å². The maximum absolute atomic E-state index is 14.5. The quantitative estimate of drug-likeness (QED) is 0.235. The number of rotatable bonds is 8. The number of ether oxygens (including phenoxy) is 2. The highest BCUT2D eigenvalue weighted by atomic mass is 32.2. The van der Waals surface area contributed by atoms with Crippen molar-refractivity contribution in [3.05, 3.63) is 64.6 Å². The van der Waals surface area contributed by atoms with Gasteiger partial charge in [-0.2, -0.15) is 0 Å². The molecule has 0 radical (unpaired) electrons. The molecule has 10 nitrogen and oxygen atoms in total. The van der Waals surface area contributed by atoms with Crippen LogP contribution in [0.25, 0.3) is 11.2 Å². The van der Waals surface area contributed by atoms with Crippen LogP contribution in [-0.4, -0.2) is 52.4 Å². The number of aryl methyl sites for hydroxylation is 2. The molecule has 13 heteroatoms. The third kappa shape index (κ3) is 6.45. The zero-order chi connectivity index (χ0) is 31.0. The highest BCUT2D eigenvalue weighted by Crippen LogP contribution is 2.38. The number of hydrogen-bond donors (Lipinski definition) is 1. The van der Waals surface area contributed by atoms with Crippen molar-refractivity contribution in [2.75, 3.05) is 24.8 Å². The van der Waals surface area contributed by atoms with Crippen LogP contribution in [0.2, 0.25) is 0 Å². The van der Waals surface area contributed by atoms with Crippen molar-refractivity contribution in [2.24, 2.45) is 0 Å². The molecule has 1 N–H and O–H groups in total. The second-order valence-electron chi connectivity index (χ2n) is 11.5. The monoisotopic (exact) mass is 626 g/mol. The van der Waals surface area contributed by atoms with E-state index < -0.39 is 28.3 Å². The fourth-order valence-corrected chi connectivity index (χ4v) is 6.92. The predicted octanol–water partition coefficient (Wildman–Crippen LogP) is 6.45. The van der Waals surface area contributed by atoms with Crippen molar-refractivity contribution in [2.45, 2.75) is 82.4 Å². The molecule has 3 aromatic heterocycles. The molecule has 0 saturated carbocycles. The van der Waals surface area contributed by atoms with Crippen LogP contribution in [0.5, 0.6) is 0 Å². The van der Waals surface area contributed by atoms with Gasteiger partial charge in [-0.1, -0.05) is 6.07 Å². The molecule has 2 fully saturated rings. The lowest BCUT2D eigenvalue weighted by molar-refractivity contribution is -0.0363. The zero-order valence-corrected chi connectivity index (χ0v) is 25.8. The summed E-state index contributed by atoms with van der Waals surface area (Å²) in [6, 6.07) is 8.75. The van der Waals surface area contributed by atoms with Gasteiger partial charge in [-0.15, -0.1) is 0 Å². The molecule has 0 aliphatic carbocycles. The lowest BCUT2D eigenvalue weighted by atomic mass is 10.0. The van der Waals surface area contributed by atoms with Crippen molar-refractivity contribution in [3.8, 4) is 0 Å². The van der Waals surface area contributed by atoms with Gasteiger partial charge in [0.1, 0.15) is 17.6 Å². The van der Waals surface area contributed by atoms with E-state index in [0.29, 0.717) is 48.9 Å². The first-order valence-electron chi connectivity index (χ1n) is 14.9. The van der Waals surface area contributed by atoms with E-state index in [1.165, 1.54) is 4.57 Å². The number of nitrogens with zero attached hydrogens (tertiary/aromatic N) is 5. The molecule has 1 aromatic carbocycles. The van der Waals surface area contributed by atoms with Crippen molar-refractivity contribution in [1.29, 1.82) is 0 Å². The third-order valence-corrected chi connectivity index (χ3v) is 9.11. The molecule has 234 valence electrons. The number of pyridine rings is 1. The zero-order valence-electron chi connectivity index (χ0n) is 25.0. The molecule has 44 heavy (non-hydrogen) atoms. The van der Waals surface area contributed by atoms with Gasteiger partial charge in [0, 0.05) is 31.6 Å². The van der Waals surface area contributed by atoms with Crippen LogP contribution in [0.1, 0.15) is 91.6 Å². The van der Waals surface area contributed by atoms with E-state index in [4.69, 9.17) is 14.5 Å². The van der Waals surface area contributed by atoms with E-state index in [-0.39, 0.29) is 22.2 Å². The molecular formula is C31H36F2N6O4S. The Labute approximate surface area is 255 Å². The molecule has 2 saturated heterocycles. The molecule has 2 aliphatic rings. The highest BCUT2D eigenvalue weighted by Gasteiger charge is 2.29. The Hall–Kier alpha value is -3.55. The summed E-state index contributed by atoms with van der Waals surface area (Å²) in [6.45, 7) is 4.76. The Morgan fingerprint density at radius 2 is 1.68 bits per heavy atom. The van der Waals surface area contributed by atoms with E-state index in [9.17, 15) is 17.2 Å². The number of sulfone groups is 1. The van der Waals surface area contributed by atoms with E-state index in [2.05, 4.69) is 20.3 Å². The van der Waals surface area contributed by atoms with Gasteiger partial charge in [0.05, 0.1) is 33.8 Å². The fraction of sp³-hybridized carbons (Fsp3) is 0.484. The molecule has 0 spiro atoms. The Kier molecular flexibility index (Phi) is 8.62. The van der Waals surface area contributed by atoms with Gasteiger partial charge in [0.15, 0.2) is 21.3 Å². The topological polar surface area (TPSA) is 121 Å². The minimum atomic E-state index is -3.69. The van der Waals surface area contributed by atoms with Gasteiger partial charge in [-0.05, 0) is 82.2 Å². The summed E-state index contributed by atoms with van der Waals surface area (Å²) in [5, 5.41) is 3.23. The normalized spacial score (nSPS) is 19.5. The maximum atomic E-state index is 14.5. The standard InChI is InChI=1S/C31H36F2N6O4S/c1-18-14-21(35-19(2)34-18)16-22-17-24(28-30(36-22)39(31(38-28)29(32)33)27-9-5-7-13-43-27)37-23-11-10-20(15-26(23)44(3,40)41)25-8-4-6-12-42-25/h10-11,14-15,17,25,27,29H,4-9,12-13,16H2,1-3H3,(H,36,37)/t25-,27?/m0/s1. The highest BCUT2D eigenvalue weighted by molar-refractivity contribution is 7.90. The summed E-state index contributed by atoms with van der Waals surface area (Å²) < 4.78 is 68.2. The summed E-state index contributed by atoms with van der Waals surface area (Å²) in [4.78, 5) is 18.1. The first-order valence-corrected chi connectivity index (χ1v) is 16.8. The summed E-state index contributed by atoms with van der Waals surface area (Å²) >= 11 is 0. The van der Waals surface area contributed by atoms with Crippen molar-refractivity contribution < 1.29 is 26.7 Å². The molecule has 5 heterocycles. The van der Waals surface area contributed by atoms with Crippen molar-refractivity contribution in [3.63, 3.8) is 0 Å². The minimum absolute atomic E-state index is 0.0851. The summed E-state index contributed by atoms with van der Waals surface area (Å²) in [5.74, 6) is 0.168. The Bertz CT molecular complexity index is 1760. The largest absolute Gasteiger partial charge is 0.374 e. The average molecular weight is 627 g/mol. The molecule has 0 amide bonds.